The molecule has 0 saturated carbocycles. The number of hydrazone groups is 1. The van der Waals surface area contributed by atoms with Crippen molar-refractivity contribution < 1.29 is 4.79 Å². The lowest BCUT2D eigenvalue weighted by Crippen LogP contribution is -2.16. The van der Waals surface area contributed by atoms with Crippen LogP contribution in [0.15, 0.2) is 29.4 Å². The number of nitrogens with one attached hydrogen (secondary N) is 1. The molecule has 1 amide bonds. The van der Waals surface area contributed by atoms with Crippen molar-refractivity contribution in [1.82, 2.24) is 5.43 Å². The monoisotopic (exact) mass is 294 g/mol. The van der Waals surface area contributed by atoms with Crippen molar-refractivity contribution in [3.05, 3.63) is 34.9 Å². The minimum Gasteiger partial charge on any atom is -0.273 e. The molecule has 1 aromatic carbocycles. The van der Waals surface area contributed by atoms with Crippen LogP contribution in [0.4, 0.5) is 0 Å². The summed E-state index contributed by atoms with van der Waals surface area (Å²) in [6.07, 6.45) is 9.21. The minimum absolute atomic E-state index is 0.0289. The Bertz CT molecular complexity index is 432. The summed E-state index contributed by atoms with van der Waals surface area (Å²) in [5.74, 6) is -0.0289. The standard InChI is InChI=1S/C16H23ClN2O/c1-2-3-4-5-6-7-11-16(20)19-18-13-14-9-8-10-15(17)12-14/h8-10,12-13H,2-7,11H2,1H3,(H,19,20)/b18-13+. The molecule has 0 aromatic heterocycles. The van der Waals surface area contributed by atoms with Crippen LogP contribution in [-0.4, -0.2) is 12.1 Å². The van der Waals surface area contributed by atoms with Gasteiger partial charge < -0.3 is 0 Å². The first-order valence-corrected chi connectivity index (χ1v) is 7.67. The molecule has 4 heteroatoms. The van der Waals surface area contributed by atoms with Gasteiger partial charge in [0.05, 0.1) is 6.21 Å². The van der Waals surface area contributed by atoms with Crippen LogP contribution in [0.5, 0.6) is 0 Å². The second-order valence-corrected chi connectivity index (χ2v) is 5.30. The van der Waals surface area contributed by atoms with Gasteiger partial charge in [0.2, 0.25) is 5.91 Å². The summed E-state index contributed by atoms with van der Waals surface area (Å²) >= 11 is 5.86. The lowest BCUT2D eigenvalue weighted by atomic mass is 10.1. The zero-order chi connectivity index (χ0) is 14.6. The molecule has 0 heterocycles. The Balaban J connectivity index is 2.13. The molecule has 3 nitrogen and oxygen atoms in total. The van der Waals surface area contributed by atoms with Crippen LogP contribution in [0.2, 0.25) is 5.02 Å². The molecular formula is C16H23ClN2O. The van der Waals surface area contributed by atoms with Crippen molar-refractivity contribution in [2.75, 3.05) is 0 Å². The molecule has 1 N–H and O–H groups in total. The van der Waals surface area contributed by atoms with Gasteiger partial charge in [-0.3, -0.25) is 4.79 Å². The Labute approximate surface area is 126 Å². The van der Waals surface area contributed by atoms with E-state index >= 15 is 0 Å². The third-order valence-corrected chi connectivity index (χ3v) is 3.24. The lowest BCUT2D eigenvalue weighted by Gasteiger charge is -2.00. The van der Waals surface area contributed by atoms with Gasteiger partial charge in [0.1, 0.15) is 0 Å². The maximum Gasteiger partial charge on any atom is 0.240 e. The number of benzene rings is 1. The molecule has 0 fully saturated rings. The largest absolute Gasteiger partial charge is 0.273 e. The predicted octanol–water partition coefficient (Wildman–Crippen LogP) is 4.54. The molecule has 0 bridgehead atoms. The van der Waals surface area contributed by atoms with Crippen LogP contribution >= 0.6 is 11.6 Å². The fraction of sp³-hybridized carbons (Fsp3) is 0.500. The van der Waals surface area contributed by atoms with E-state index in [-0.39, 0.29) is 5.91 Å². The first-order chi connectivity index (χ1) is 9.72. The number of unbranched alkanes of at least 4 members (excludes halogenated alkanes) is 5. The van der Waals surface area contributed by atoms with Gasteiger partial charge in [-0.25, -0.2) is 5.43 Å². The fourth-order valence-electron chi connectivity index (χ4n) is 1.89. The quantitative estimate of drug-likeness (QED) is 0.405. The van der Waals surface area contributed by atoms with Gasteiger partial charge in [0.15, 0.2) is 0 Å². The minimum atomic E-state index is -0.0289. The van der Waals surface area contributed by atoms with Crippen LogP contribution in [0.25, 0.3) is 0 Å². The predicted molar refractivity (Wildman–Crippen MR) is 85.2 cm³/mol. The number of hydrogen-bond donors (Lipinski definition) is 1. The SMILES string of the molecule is CCCCCCCCC(=O)N/N=C/c1cccc(Cl)c1. The molecule has 110 valence electrons. The van der Waals surface area contributed by atoms with Crippen LogP contribution in [-0.2, 0) is 4.79 Å². The van der Waals surface area contributed by atoms with Crippen LogP contribution in [0, 0.1) is 0 Å². The van der Waals surface area contributed by atoms with Crippen molar-refractivity contribution in [3.63, 3.8) is 0 Å². The van der Waals surface area contributed by atoms with Crippen LogP contribution in [0.3, 0.4) is 0 Å². The third kappa shape index (κ3) is 7.95. The number of amides is 1. The molecule has 20 heavy (non-hydrogen) atoms. The average Bonchev–Trinajstić information content (AvgIpc) is 2.43. The molecular weight excluding hydrogens is 272 g/mol. The first-order valence-electron chi connectivity index (χ1n) is 7.30. The summed E-state index contributed by atoms with van der Waals surface area (Å²) in [6, 6.07) is 7.33. The Morgan fingerprint density at radius 3 is 2.75 bits per heavy atom. The molecule has 1 rings (SSSR count). The van der Waals surface area contributed by atoms with E-state index in [2.05, 4.69) is 17.5 Å². The van der Waals surface area contributed by atoms with E-state index in [1.54, 1.807) is 18.3 Å². The van der Waals surface area contributed by atoms with E-state index in [1.807, 2.05) is 12.1 Å². The fourth-order valence-corrected chi connectivity index (χ4v) is 2.09. The van der Waals surface area contributed by atoms with Crippen molar-refractivity contribution in [2.24, 2.45) is 5.10 Å². The number of carbonyl (C=O) groups is 1. The van der Waals surface area contributed by atoms with Gasteiger partial charge >= 0.3 is 0 Å². The number of rotatable bonds is 9. The highest BCUT2D eigenvalue weighted by molar-refractivity contribution is 6.30. The van der Waals surface area contributed by atoms with Gasteiger partial charge in [-0.1, -0.05) is 62.8 Å². The molecule has 0 atom stereocenters. The van der Waals surface area contributed by atoms with E-state index in [1.165, 1.54) is 25.7 Å². The number of hydrogen-bond acceptors (Lipinski definition) is 2. The van der Waals surface area contributed by atoms with Crippen molar-refractivity contribution in [1.29, 1.82) is 0 Å². The molecule has 0 unspecified atom stereocenters. The number of nitrogens with zero attached hydrogens (tertiary/aromatic N) is 1. The summed E-state index contributed by atoms with van der Waals surface area (Å²) in [5.41, 5.74) is 3.41. The van der Waals surface area contributed by atoms with E-state index in [9.17, 15) is 4.79 Å². The summed E-state index contributed by atoms with van der Waals surface area (Å²) in [7, 11) is 0. The Morgan fingerprint density at radius 1 is 1.25 bits per heavy atom. The Kier molecular flexibility index (Phi) is 8.72. The van der Waals surface area contributed by atoms with E-state index < -0.39 is 0 Å². The second-order valence-electron chi connectivity index (χ2n) is 4.87. The molecule has 0 spiro atoms. The van der Waals surface area contributed by atoms with Gasteiger partial charge in [0.25, 0.3) is 0 Å². The van der Waals surface area contributed by atoms with Crippen LogP contribution < -0.4 is 5.43 Å². The van der Waals surface area contributed by atoms with Gasteiger partial charge in [-0.05, 0) is 24.1 Å². The first kappa shape index (κ1) is 16.7. The normalized spacial score (nSPS) is 10.9. The van der Waals surface area contributed by atoms with Gasteiger partial charge in [0, 0.05) is 11.4 Å². The van der Waals surface area contributed by atoms with E-state index in [0.717, 1.165) is 18.4 Å². The summed E-state index contributed by atoms with van der Waals surface area (Å²) in [6.45, 7) is 2.20. The van der Waals surface area contributed by atoms with Crippen molar-refractivity contribution >= 4 is 23.7 Å². The highest BCUT2D eigenvalue weighted by Crippen LogP contribution is 2.09. The Hall–Kier alpha value is -1.35. The Morgan fingerprint density at radius 2 is 2.00 bits per heavy atom. The van der Waals surface area contributed by atoms with Gasteiger partial charge in [-0.15, -0.1) is 0 Å². The summed E-state index contributed by atoms with van der Waals surface area (Å²) in [5, 5.41) is 4.59. The zero-order valence-electron chi connectivity index (χ0n) is 12.1. The summed E-state index contributed by atoms with van der Waals surface area (Å²) in [4.78, 5) is 11.5. The van der Waals surface area contributed by atoms with Crippen molar-refractivity contribution in [3.8, 4) is 0 Å². The maximum absolute atomic E-state index is 11.5. The smallest absolute Gasteiger partial charge is 0.240 e. The molecule has 0 aliphatic carbocycles. The molecule has 0 aliphatic heterocycles. The molecule has 1 aromatic rings. The number of carbonyl (C=O) groups excluding carboxylic acids is 1. The molecule has 0 aliphatic rings. The highest BCUT2D eigenvalue weighted by Gasteiger charge is 1.99. The maximum atomic E-state index is 11.5. The average molecular weight is 295 g/mol. The third-order valence-electron chi connectivity index (χ3n) is 3.01. The van der Waals surface area contributed by atoms with Gasteiger partial charge in [-0.2, -0.15) is 5.10 Å². The second kappa shape index (κ2) is 10.4. The highest BCUT2D eigenvalue weighted by atomic mass is 35.5. The number of halogens is 1. The van der Waals surface area contributed by atoms with Crippen molar-refractivity contribution in [2.45, 2.75) is 51.9 Å². The molecule has 0 radical (unpaired) electrons. The summed E-state index contributed by atoms with van der Waals surface area (Å²) < 4.78 is 0. The lowest BCUT2D eigenvalue weighted by molar-refractivity contribution is -0.121. The van der Waals surface area contributed by atoms with E-state index in [4.69, 9.17) is 11.6 Å². The van der Waals surface area contributed by atoms with Crippen LogP contribution in [0.1, 0.15) is 57.4 Å². The molecule has 0 saturated heterocycles. The topological polar surface area (TPSA) is 41.5 Å². The zero-order valence-corrected chi connectivity index (χ0v) is 12.8. The van der Waals surface area contributed by atoms with E-state index in [0.29, 0.717) is 11.4 Å².